The Morgan fingerprint density at radius 1 is 1.21 bits per heavy atom. The van der Waals surface area contributed by atoms with Crippen molar-refractivity contribution in [2.24, 2.45) is 5.92 Å². The van der Waals surface area contributed by atoms with Crippen molar-refractivity contribution >= 4 is 37.2 Å². The van der Waals surface area contributed by atoms with Crippen LogP contribution >= 0.6 is 11.9 Å². The number of nitrogens with one attached hydrogen (secondary N) is 1. The third-order valence-electron chi connectivity index (χ3n) is 5.52. The van der Waals surface area contributed by atoms with E-state index in [0.717, 1.165) is 11.9 Å². The fraction of sp³-hybridized carbons (Fsp3) is 0.550. The average Bonchev–Trinajstić information content (AvgIpc) is 2.64. The molecule has 0 unspecified atom stereocenters. The molecule has 28 heavy (non-hydrogen) atoms. The van der Waals surface area contributed by atoms with Gasteiger partial charge in [-0.2, -0.15) is 0 Å². The summed E-state index contributed by atoms with van der Waals surface area (Å²) in [6.07, 6.45) is 0.692. The molecule has 6 nitrogen and oxygen atoms in total. The molecular weight excluding hydrogens is 392 g/mol. The lowest BCUT2D eigenvalue weighted by Gasteiger charge is -2.39. The van der Waals surface area contributed by atoms with Crippen LogP contribution in [0.3, 0.4) is 0 Å². The normalized spacial score (nSPS) is 17.3. The molecule has 2 amide bonds. The number of amides is 2. The molecule has 2 rings (SSSR count). The van der Waals surface area contributed by atoms with Crippen LogP contribution in [-0.4, -0.2) is 49.8 Å². The van der Waals surface area contributed by atoms with Crippen LogP contribution in [0.25, 0.3) is 0 Å². The van der Waals surface area contributed by atoms with Gasteiger partial charge in [-0.15, -0.1) is 0 Å². The van der Waals surface area contributed by atoms with Crippen molar-refractivity contribution in [3.63, 3.8) is 0 Å². The van der Waals surface area contributed by atoms with Crippen LogP contribution in [0.1, 0.15) is 47.9 Å². The summed E-state index contributed by atoms with van der Waals surface area (Å²) in [6, 6.07) is 6.42. The summed E-state index contributed by atoms with van der Waals surface area (Å²) in [5.74, 6) is -0.285. The fourth-order valence-electron chi connectivity index (χ4n) is 2.48. The van der Waals surface area contributed by atoms with Crippen LogP contribution in [0.2, 0.25) is 18.1 Å². The zero-order valence-electron chi connectivity index (χ0n) is 17.5. The molecule has 1 N–H and O–H groups in total. The van der Waals surface area contributed by atoms with E-state index in [9.17, 15) is 14.4 Å². The van der Waals surface area contributed by atoms with E-state index in [0.29, 0.717) is 30.7 Å². The fourth-order valence-corrected chi connectivity index (χ4v) is 4.48. The standard InChI is InChI=1S/C20H30N2O4SSi/c1-20(2,3)28(5,6)26-12-11-16-13-22(18(16)24)27-19(25)15-9-7-14(8-10-15)17(23)21-4/h7-10,16H,11-13H2,1-6H3,(H,21,23)/t16-/m0/s1. The Morgan fingerprint density at radius 2 is 1.79 bits per heavy atom. The number of carbonyl (C=O) groups excluding carboxylic acids is 3. The quantitative estimate of drug-likeness (QED) is 0.412. The minimum atomic E-state index is -1.80. The Hall–Kier alpha value is -1.64. The maximum Gasteiger partial charge on any atom is 0.251 e. The molecule has 1 aromatic rings. The topological polar surface area (TPSA) is 75.7 Å². The summed E-state index contributed by atoms with van der Waals surface area (Å²) in [5.41, 5.74) is 0.959. The second-order valence-corrected chi connectivity index (χ2v) is 14.3. The van der Waals surface area contributed by atoms with Gasteiger partial charge >= 0.3 is 0 Å². The number of hydrogen-bond donors (Lipinski definition) is 1. The van der Waals surface area contributed by atoms with E-state index in [2.05, 4.69) is 39.2 Å². The SMILES string of the molecule is CNC(=O)c1ccc(C(=O)SN2C[C@H](CCO[Si](C)(C)C(C)(C)C)C2=O)cc1. The summed E-state index contributed by atoms with van der Waals surface area (Å²) in [5, 5.41) is 2.49. The molecule has 0 aliphatic carbocycles. The largest absolute Gasteiger partial charge is 0.417 e. The van der Waals surface area contributed by atoms with Gasteiger partial charge in [-0.05, 0) is 48.8 Å². The van der Waals surface area contributed by atoms with Crippen molar-refractivity contribution in [2.45, 2.75) is 45.3 Å². The summed E-state index contributed by atoms with van der Waals surface area (Å²) in [4.78, 5) is 36.2. The minimum absolute atomic E-state index is 0.0147. The van der Waals surface area contributed by atoms with Gasteiger partial charge < -0.3 is 9.74 Å². The van der Waals surface area contributed by atoms with Gasteiger partial charge in [0.1, 0.15) is 0 Å². The van der Waals surface area contributed by atoms with Gasteiger partial charge in [0.25, 0.3) is 5.91 Å². The Bertz CT molecular complexity index is 744. The minimum Gasteiger partial charge on any atom is -0.417 e. The lowest BCUT2D eigenvalue weighted by molar-refractivity contribution is -0.140. The molecule has 0 spiro atoms. The molecule has 1 saturated heterocycles. The highest BCUT2D eigenvalue weighted by atomic mass is 32.2. The van der Waals surface area contributed by atoms with E-state index >= 15 is 0 Å². The predicted molar refractivity (Wildman–Crippen MR) is 115 cm³/mol. The van der Waals surface area contributed by atoms with Crippen LogP contribution < -0.4 is 5.32 Å². The maximum absolute atomic E-state index is 12.4. The molecule has 0 radical (unpaired) electrons. The molecule has 8 heteroatoms. The van der Waals surface area contributed by atoms with E-state index in [-0.39, 0.29) is 27.9 Å². The van der Waals surface area contributed by atoms with Crippen molar-refractivity contribution in [2.75, 3.05) is 20.2 Å². The third-order valence-corrected chi connectivity index (χ3v) is 11.0. The van der Waals surface area contributed by atoms with E-state index in [1.54, 1.807) is 31.3 Å². The first-order valence-corrected chi connectivity index (χ1v) is 13.1. The average molecular weight is 423 g/mol. The van der Waals surface area contributed by atoms with Gasteiger partial charge in [-0.25, -0.2) is 0 Å². The number of benzene rings is 1. The molecule has 1 heterocycles. The maximum atomic E-state index is 12.4. The smallest absolute Gasteiger partial charge is 0.251 e. The molecule has 1 aliphatic rings. The zero-order chi connectivity index (χ0) is 21.1. The molecule has 0 aromatic heterocycles. The molecule has 1 atom stereocenters. The number of hydrogen-bond acceptors (Lipinski definition) is 5. The number of rotatable bonds is 7. The first-order chi connectivity index (χ1) is 13.0. The summed E-state index contributed by atoms with van der Waals surface area (Å²) >= 11 is 0.927. The van der Waals surface area contributed by atoms with Crippen molar-refractivity contribution in [1.29, 1.82) is 0 Å². The molecule has 0 saturated carbocycles. The van der Waals surface area contributed by atoms with Gasteiger partial charge in [0.15, 0.2) is 8.32 Å². The van der Waals surface area contributed by atoms with Crippen LogP contribution in [0.15, 0.2) is 24.3 Å². The lowest BCUT2D eigenvalue weighted by Crippen LogP contribution is -2.50. The van der Waals surface area contributed by atoms with Crippen molar-refractivity contribution < 1.29 is 18.8 Å². The molecule has 0 bridgehead atoms. The molecule has 1 aromatic carbocycles. The van der Waals surface area contributed by atoms with E-state index in [1.165, 1.54) is 4.31 Å². The van der Waals surface area contributed by atoms with Crippen LogP contribution in [0, 0.1) is 5.92 Å². The van der Waals surface area contributed by atoms with Crippen LogP contribution in [0.4, 0.5) is 0 Å². The molecule has 154 valence electrons. The highest BCUT2D eigenvalue weighted by Gasteiger charge is 2.40. The number of nitrogens with zero attached hydrogens (tertiary/aromatic N) is 1. The Labute approximate surface area is 172 Å². The van der Waals surface area contributed by atoms with Gasteiger partial charge in [0.05, 0.1) is 5.92 Å². The lowest BCUT2D eigenvalue weighted by atomic mass is 9.99. The molecular formula is C20H30N2O4SSi. The van der Waals surface area contributed by atoms with E-state index < -0.39 is 8.32 Å². The van der Waals surface area contributed by atoms with Crippen LogP contribution in [-0.2, 0) is 9.22 Å². The second-order valence-electron chi connectivity index (χ2n) is 8.53. The highest BCUT2D eigenvalue weighted by Crippen LogP contribution is 2.37. The number of carbonyl (C=O) groups is 3. The number of β-lactam (4-membered cyclic amide) rings is 1. The van der Waals surface area contributed by atoms with E-state index in [4.69, 9.17) is 4.43 Å². The second kappa shape index (κ2) is 8.80. The highest BCUT2D eigenvalue weighted by molar-refractivity contribution is 8.12. The first-order valence-electron chi connectivity index (χ1n) is 9.46. The predicted octanol–water partition coefficient (Wildman–Crippen LogP) is 3.70. The van der Waals surface area contributed by atoms with Crippen molar-refractivity contribution in [3.05, 3.63) is 35.4 Å². The summed E-state index contributed by atoms with van der Waals surface area (Å²) in [7, 11) is -0.242. The molecule has 1 aliphatic heterocycles. The Morgan fingerprint density at radius 3 is 2.29 bits per heavy atom. The van der Waals surface area contributed by atoms with Crippen LogP contribution in [0.5, 0.6) is 0 Å². The van der Waals surface area contributed by atoms with Crippen molar-refractivity contribution in [1.82, 2.24) is 9.62 Å². The van der Waals surface area contributed by atoms with Gasteiger partial charge in [-0.3, -0.25) is 18.7 Å². The molecule has 1 fully saturated rings. The first kappa shape index (κ1) is 22.6. The van der Waals surface area contributed by atoms with E-state index in [1.807, 2.05) is 0 Å². The van der Waals surface area contributed by atoms with Gasteiger partial charge in [0.2, 0.25) is 11.0 Å². The van der Waals surface area contributed by atoms with Gasteiger partial charge in [0, 0.05) is 43.3 Å². The zero-order valence-corrected chi connectivity index (χ0v) is 19.3. The van der Waals surface area contributed by atoms with Crippen molar-refractivity contribution in [3.8, 4) is 0 Å². The third kappa shape index (κ3) is 5.24. The summed E-state index contributed by atoms with van der Waals surface area (Å²) < 4.78 is 7.64. The Balaban J connectivity index is 1.79. The van der Waals surface area contributed by atoms with Gasteiger partial charge in [-0.1, -0.05) is 20.8 Å². The summed E-state index contributed by atoms with van der Waals surface area (Å²) in [6.45, 7) is 12.1. The Kier molecular flexibility index (Phi) is 7.11. The monoisotopic (exact) mass is 422 g/mol.